The van der Waals surface area contributed by atoms with Crippen molar-refractivity contribution < 1.29 is 19.4 Å². The summed E-state index contributed by atoms with van der Waals surface area (Å²) in [5.41, 5.74) is 2.23. The van der Waals surface area contributed by atoms with Gasteiger partial charge in [-0.25, -0.2) is 4.98 Å². The van der Waals surface area contributed by atoms with Crippen molar-refractivity contribution >= 4 is 11.6 Å². The standard InChI is InChI=1S/C34H47N5O4/c1-4-37(5-2)27-14-11-15-29(22-27)43-21-17-28-23-35-19-20-38(28)33(40)31-32(26-12-7-6-8-13-26)39(25-36-31)30-16-9-10-18-34(30,41)24-42-3/h6-8,11-15,22,25,28,30,35,41H,4-5,9-10,16-21,23-24H2,1-3H3/t28-,30-,34-/m1/s1. The van der Waals surface area contributed by atoms with Crippen molar-refractivity contribution in [1.82, 2.24) is 19.8 Å². The van der Waals surface area contributed by atoms with Crippen LogP contribution in [0.25, 0.3) is 11.3 Å². The van der Waals surface area contributed by atoms with Gasteiger partial charge in [-0.3, -0.25) is 4.79 Å². The Morgan fingerprint density at radius 3 is 2.72 bits per heavy atom. The van der Waals surface area contributed by atoms with Crippen molar-refractivity contribution in [3.05, 3.63) is 66.6 Å². The Morgan fingerprint density at radius 2 is 1.95 bits per heavy atom. The number of imidazole rings is 1. The van der Waals surface area contributed by atoms with E-state index in [-0.39, 0.29) is 24.6 Å². The third-order valence-corrected chi connectivity index (χ3v) is 9.01. The summed E-state index contributed by atoms with van der Waals surface area (Å²) in [4.78, 5) is 23.3. The average Bonchev–Trinajstić information content (AvgIpc) is 3.47. The van der Waals surface area contributed by atoms with Crippen LogP contribution in [0.2, 0.25) is 0 Å². The minimum Gasteiger partial charge on any atom is -0.493 e. The van der Waals surface area contributed by atoms with Crippen molar-refractivity contribution in [1.29, 1.82) is 0 Å². The maximum Gasteiger partial charge on any atom is 0.275 e. The van der Waals surface area contributed by atoms with E-state index < -0.39 is 5.60 Å². The van der Waals surface area contributed by atoms with E-state index in [1.54, 1.807) is 13.4 Å². The van der Waals surface area contributed by atoms with Gasteiger partial charge in [0.15, 0.2) is 5.69 Å². The molecular formula is C34H47N5O4. The van der Waals surface area contributed by atoms with Gasteiger partial charge in [0, 0.05) is 69.6 Å². The lowest BCUT2D eigenvalue weighted by atomic mass is 9.80. The van der Waals surface area contributed by atoms with Gasteiger partial charge in [0.25, 0.3) is 5.91 Å². The largest absolute Gasteiger partial charge is 0.493 e. The lowest BCUT2D eigenvalue weighted by molar-refractivity contribution is -0.0893. The molecule has 1 saturated carbocycles. The van der Waals surface area contributed by atoms with Crippen LogP contribution in [0.3, 0.4) is 0 Å². The van der Waals surface area contributed by atoms with E-state index in [4.69, 9.17) is 14.5 Å². The van der Waals surface area contributed by atoms with Gasteiger partial charge in [0.05, 0.1) is 31.3 Å². The summed E-state index contributed by atoms with van der Waals surface area (Å²) < 4.78 is 13.7. The van der Waals surface area contributed by atoms with Crippen LogP contribution in [0.1, 0.15) is 62.5 Å². The van der Waals surface area contributed by atoms with Gasteiger partial charge in [0.1, 0.15) is 11.4 Å². The van der Waals surface area contributed by atoms with E-state index in [0.29, 0.717) is 38.2 Å². The number of benzene rings is 2. The summed E-state index contributed by atoms with van der Waals surface area (Å²) in [6.07, 6.45) is 5.85. The molecule has 0 radical (unpaired) electrons. The topological polar surface area (TPSA) is 92.1 Å². The molecule has 5 rings (SSSR count). The summed E-state index contributed by atoms with van der Waals surface area (Å²) in [6.45, 7) is 8.96. The van der Waals surface area contributed by atoms with Crippen LogP contribution in [0.15, 0.2) is 60.9 Å². The first-order chi connectivity index (χ1) is 21.0. The molecule has 1 aromatic heterocycles. The molecule has 0 unspecified atom stereocenters. The first kappa shape index (κ1) is 31.0. The van der Waals surface area contributed by atoms with E-state index >= 15 is 0 Å². The molecular weight excluding hydrogens is 542 g/mol. The third-order valence-electron chi connectivity index (χ3n) is 9.01. The molecule has 2 aliphatic rings. The number of ether oxygens (including phenoxy) is 2. The second-order valence-electron chi connectivity index (χ2n) is 11.7. The number of amides is 1. The number of hydrogen-bond acceptors (Lipinski definition) is 7. The van der Waals surface area contributed by atoms with Gasteiger partial charge in [-0.2, -0.15) is 0 Å². The summed E-state index contributed by atoms with van der Waals surface area (Å²) in [7, 11) is 1.63. The Kier molecular flexibility index (Phi) is 10.4. The van der Waals surface area contributed by atoms with E-state index in [9.17, 15) is 9.90 Å². The minimum absolute atomic E-state index is 0.0268. The van der Waals surface area contributed by atoms with Crippen LogP contribution < -0.4 is 15.0 Å². The summed E-state index contributed by atoms with van der Waals surface area (Å²) in [5.74, 6) is 0.755. The molecule has 2 N–H and O–H groups in total. The average molecular weight is 590 g/mol. The number of rotatable bonds is 12. The number of carbonyl (C=O) groups excluding carboxylic acids is 1. The van der Waals surface area contributed by atoms with Gasteiger partial charge in [-0.1, -0.05) is 49.2 Å². The second-order valence-corrected chi connectivity index (χ2v) is 11.7. The molecule has 0 bridgehead atoms. The highest BCUT2D eigenvalue weighted by Crippen LogP contribution is 2.41. The van der Waals surface area contributed by atoms with E-state index in [1.807, 2.05) is 51.9 Å². The van der Waals surface area contributed by atoms with Crippen LogP contribution >= 0.6 is 0 Å². The molecule has 2 fully saturated rings. The number of aromatic nitrogens is 2. The molecule has 232 valence electrons. The molecule has 1 aliphatic carbocycles. The fraction of sp³-hybridized carbons (Fsp3) is 0.529. The molecule has 9 nitrogen and oxygen atoms in total. The molecule has 3 aromatic rings. The lowest BCUT2D eigenvalue weighted by Crippen LogP contribution is -2.54. The van der Waals surface area contributed by atoms with Gasteiger partial charge >= 0.3 is 0 Å². The van der Waals surface area contributed by atoms with E-state index in [0.717, 1.165) is 61.6 Å². The number of hydrogen-bond donors (Lipinski definition) is 2. The molecule has 9 heteroatoms. The van der Waals surface area contributed by atoms with Crippen molar-refractivity contribution in [2.45, 2.75) is 63.6 Å². The quantitative estimate of drug-likeness (QED) is 0.314. The second kappa shape index (κ2) is 14.4. The molecule has 1 saturated heterocycles. The lowest BCUT2D eigenvalue weighted by Gasteiger charge is -2.41. The number of anilines is 1. The molecule has 0 spiro atoms. The minimum atomic E-state index is -1.02. The van der Waals surface area contributed by atoms with Crippen molar-refractivity contribution in [2.75, 3.05) is 57.9 Å². The zero-order valence-corrected chi connectivity index (χ0v) is 25.9. The Morgan fingerprint density at radius 1 is 1.14 bits per heavy atom. The maximum absolute atomic E-state index is 14.3. The smallest absolute Gasteiger partial charge is 0.275 e. The van der Waals surface area contributed by atoms with Crippen molar-refractivity contribution in [2.24, 2.45) is 0 Å². The molecule has 43 heavy (non-hydrogen) atoms. The number of aliphatic hydroxyl groups is 1. The number of carbonyl (C=O) groups is 1. The van der Waals surface area contributed by atoms with Crippen molar-refractivity contribution in [3.8, 4) is 17.0 Å². The molecule has 1 amide bonds. The number of nitrogens with one attached hydrogen (secondary N) is 1. The SMILES string of the molecule is CCN(CC)c1cccc(OCC[C@@H]2CNCCN2C(=O)c2ncn([C@@H]3CCCC[C@@]3(O)COC)c2-c2ccccc2)c1. The number of nitrogens with zero attached hydrogens (tertiary/aromatic N) is 4. The summed E-state index contributed by atoms with van der Waals surface area (Å²) in [5, 5.41) is 15.1. The zero-order chi connectivity index (χ0) is 30.2. The van der Waals surface area contributed by atoms with Crippen LogP contribution in [0.5, 0.6) is 5.75 Å². The fourth-order valence-corrected chi connectivity index (χ4v) is 6.75. The van der Waals surface area contributed by atoms with Gasteiger partial charge in [-0.15, -0.1) is 0 Å². The molecule has 3 atom stereocenters. The highest BCUT2D eigenvalue weighted by Gasteiger charge is 2.42. The Hall–Kier alpha value is -3.40. The first-order valence-electron chi connectivity index (χ1n) is 15.8. The van der Waals surface area contributed by atoms with Gasteiger partial charge < -0.3 is 34.3 Å². The fourth-order valence-electron chi connectivity index (χ4n) is 6.75. The zero-order valence-electron chi connectivity index (χ0n) is 25.9. The molecule has 2 heterocycles. The third kappa shape index (κ3) is 6.89. The van der Waals surface area contributed by atoms with Crippen LogP contribution in [-0.2, 0) is 4.74 Å². The normalized spacial score (nSPS) is 22.4. The summed E-state index contributed by atoms with van der Waals surface area (Å²) >= 11 is 0. The number of methoxy groups -OCH3 is 1. The number of piperazine rings is 1. The highest BCUT2D eigenvalue weighted by molar-refractivity contribution is 5.98. The van der Waals surface area contributed by atoms with Crippen molar-refractivity contribution in [3.63, 3.8) is 0 Å². The monoisotopic (exact) mass is 589 g/mol. The predicted molar refractivity (Wildman–Crippen MR) is 170 cm³/mol. The molecule has 2 aromatic carbocycles. The van der Waals surface area contributed by atoms with Gasteiger partial charge in [0.2, 0.25) is 0 Å². The Bertz CT molecular complexity index is 1320. The highest BCUT2D eigenvalue weighted by atomic mass is 16.5. The van der Waals surface area contributed by atoms with E-state index in [1.165, 1.54) is 0 Å². The summed E-state index contributed by atoms with van der Waals surface area (Å²) in [6, 6.07) is 17.9. The Labute approximate surface area is 255 Å². The Balaban J connectivity index is 1.37. The van der Waals surface area contributed by atoms with Crippen LogP contribution in [0, 0.1) is 0 Å². The predicted octanol–water partition coefficient (Wildman–Crippen LogP) is 4.77. The van der Waals surface area contributed by atoms with Crippen LogP contribution in [0.4, 0.5) is 5.69 Å². The van der Waals surface area contributed by atoms with Gasteiger partial charge in [-0.05, 0) is 38.8 Å². The molecule has 1 aliphatic heterocycles. The maximum atomic E-state index is 14.3. The van der Waals surface area contributed by atoms with E-state index in [2.05, 4.69) is 36.2 Å². The first-order valence-corrected chi connectivity index (χ1v) is 15.8. The van der Waals surface area contributed by atoms with Crippen LogP contribution in [-0.4, -0.2) is 90.2 Å².